The summed E-state index contributed by atoms with van der Waals surface area (Å²) in [4.78, 5) is 21.6. The lowest BCUT2D eigenvalue weighted by atomic mass is 10.1. The van der Waals surface area contributed by atoms with E-state index in [0.29, 0.717) is 6.54 Å². The highest BCUT2D eigenvalue weighted by molar-refractivity contribution is 6.02. The minimum absolute atomic E-state index is 0.0401. The van der Waals surface area contributed by atoms with Crippen LogP contribution in [0, 0.1) is 0 Å². The number of benzene rings is 1. The summed E-state index contributed by atoms with van der Waals surface area (Å²) in [7, 11) is 3.92. The van der Waals surface area contributed by atoms with E-state index in [1.165, 1.54) is 0 Å². The van der Waals surface area contributed by atoms with Crippen molar-refractivity contribution in [2.75, 3.05) is 43.9 Å². The Kier molecular flexibility index (Phi) is 7.85. The first-order chi connectivity index (χ1) is 12.5. The number of hydrogen-bond acceptors (Lipinski definition) is 4. The number of nitrogens with one attached hydrogen (secondary N) is 1. The number of amides is 1. The van der Waals surface area contributed by atoms with Crippen molar-refractivity contribution < 1.29 is 4.79 Å². The van der Waals surface area contributed by atoms with Crippen molar-refractivity contribution >= 4 is 28.3 Å². The Balaban J connectivity index is 2.16. The molecule has 1 heterocycles. The van der Waals surface area contributed by atoms with Crippen molar-refractivity contribution in [3.05, 3.63) is 30.3 Å². The number of aromatic nitrogens is 1. The average molecular weight is 357 g/mol. The number of anilines is 2. The summed E-state index contributed by atoms with van der Waals surface area (Å²) < 4.78 is 0. The summed E-state index contributed by atoms with van der Waals surface area (Å²) >= 11 is 0. The second-order valence-electron chi connectivity index (χ2n) is 6.97. The molecule has 0 atom stereocenters. The van der Waals surface area contributed by atoms with E-state index in [0.717, 1.165) is 61.2 Å². The lowest BCUT2D eigenvalue weighted by molar-refractivity contribution is -0.117. The number of hydrogen-bond donors (Lipinski definition) is 1. The van der Waals surface area contributed by atoms with Gasteiger partial charge in [0.15, 0.2) is 0 Å². The third kappa shape index (κ3) is 5.70. The van der Waals surface area contributed by atoms with Crippen LogP contribution in [0.4, 0.5) is 11.5 Å². The number of unbranched alkanes of at least 4 members (excludes halogenated alkanes) is 2. The van der Waals surface area contributed by atoms with Crippen LogP contribution in [0.5, 0.6) is 0 Å². The molecule has 1 aromatic heterocycles. The number of carbonyl (C=O) groups is 1. The largest absolute Gasteiger partial charge is 0.363 e. The maximum absolute atomic E-state index is 12.7. The lowest BCUT2D eigenvalue weighted by Gasteiger charge is -2.22. The monoisotopic (exact) mass is 356 g/mol. The molecule has 0 aliphatic heterocycles. The predicted octanol–water partition coefficient (Wildman–Crippen LogP) is 4.14. The molecule has 0 radical (unpaired) electrons. The van der Waals surface area contributed by atoms with E-state index in [2.05, 4.69) is 29.0 Å². The van der Waals surface area contributed by atoms with E-state index in [-0.39, 0.29) is 5.91 Å². The summed E-state index contributed by atoms with van der Waals surface area (Å²) in [5, 5.41) is 4.09. The van der Waals surface area contributed by atoms with E-state index in [4.69, 9.17) is 0 Å². The Labute approximate surface area is 157 Å². The normalized spacial score (nSPS) is 11.1. The van der Waals surface area contributed by atoms with Gasteiger partial charge in [0.25, 0.3) is 0 Å². The first kappa shape index (κ1) is 20.2. The third-order valence-corrected chi connectivity index (χ3v) is 4.46. The Morgan fingerprint density at radius 1 is 1.08 bits per heavy atom. The van der Waals surface area contributed by atoms with E-state index in [9.17, 15) is 4.79 Å². The second-order valence-corrected chi connectivity index (χ2v) is 6.97. The van der Waals surface area contributed by atoms with Gasteiger partial charge in [-0.05, 0) is 32.0 Å². The summed E-state index contributed by atoms with van der Waals surface area (Å²) in [5.41, 5.74) is 1.72. The minimum Gasteiger partial charge on any atom is -0.363 e. The Morgan fingerprint density at radius 2 is 1.73 bits per heavy atom. The zero-order valence-corrected chi connectivity index (χ0v) is 16.6. The Bertz CT molecular complexity index is 706. The molecular weight excluding hydrogens is 324 g/mol. The molecule has 1 N–H and O–H groups in total. The highest BCUT2D eigenvalue weighted by Gasteiger charge is 2.13. The van der Waals surface area contributed by atoms with Gasteiger partial charge in [-0.25, -0.2) is 4.98 Å². The van der Waals surface area contributed by atoms with Gasteiger partial charge in [0.1, 0.15) is 5.82 Å². The summed E-state index contributed by atoms with van der Waals surface area (Å²) in [6, 6.07) is 9.88. The molecule has 142 valence electrons. The van der Waals surface area contributed by atoms with Gasteiger partial charge in [0.2, 0.25) is 5.91 Å². The number of para-hydroxylation sites is 1. The summed E-state index contributed by atoms with van der Waals surface area (Å²) in [5.74, 6) is 0.881. The minimum atomic E-state index is 0.0401. The molecule has 0 spiro atoms. The van der Waals surface area contributed by atoms with Crippen LogP contribution < -0.4 is 10.2 Å². The Hall–Kier alpha value is -2.14. The van der Waals surface area contributed by atoms with Crippen LogP contribution in [0.2, 0.25) is 0 Å². The smallest absolute Gasteiger partial charge is 0.238 e. The molecule has 5 nitrogen and oxygen atoms in total. The average Bonchev–Trinajstić information content (AvgIpc) is 2.63. The van der Waals surface area contributed by atoms with Crippen molar-refractivity contribution in [2.24, 2.45) is 0 Å². The third-order valence-electron chi connectivity index (χ3n) is 4.46. The first-order valence-electron chi connectivity index (χ1n) is 9.64. The van der Waals surface area contributed by atoms with Crippen molar-refractivity contribution in [1.29, 1.82) is 0 Å². The van der Waals surface area contributed by atoms with Crippen LogP contribution in [-0.4, -0.2) is 49.5 Å². The van der Waals surface area contributed by atoms with Crippen molar-refractivity contribution in [3.63, 3.8) is 0 Å². The van der Waals surface area contributed by atoms with Crippen LogP contribution in [0.25, 0.3) is 10.9 Å². The van der Waals surface area contributed by atoms with E-state index in [1.807, 2.05) is 49.3 Å². The molecule has 5 heteroatoms. The molecule has 0 aliphatic rings. The molecule has 2 aromatic rings. The zero-order chi connectivity index (χ0) is 18.9. The predicted molar refractivity (Wildman–Crippen MR) is 111 cm³/mol. The number of carbonyl (C=O) groups excluding carboxylic acids is 1. The van der Waals surface area contributed by atoms with E-state index in [1.54, 1.807) is 0 Å². The number of pyridine rings is 1. The molecule has 0 saturated heterocycles. The lowest BCUT2D eigenvalue weighted by Crippen LogP contribution is -2.34. The molecule has 0 aliphatic carbocycles. The number of rotatable bonds is 10. The molecular formula is C21H32N4O. The van der Waals surface area contributed by atoms with Gasteiger partial charge in [-0.15, -0.1) is 0 Å². The second kappa shape index (κ2) is 10.1. The van der Waals surface area contributed by atoms with Gasteiger partial charge >= 0.3 is 0 Å². The molecule has 0 unspecified atom stereocenters. The highest BCUT2D eigenvalue weighted by atomic mass is 16.2. The first-order valence-corrected chi connectivity index (χ1v) is 9.64. The summed E-state index contributed by atoms with van der Waals surface area (Å²) in [6.07, 6.45) is 4.54. The van der Waals surface area contributed by atoms with Gasteiger partial charge < -0.3 is 10.2 Å². The standard InChI is InChI=1S/C21H32N4O/c1-5-7-13-25(14-8-6-2)16-21(26)23-19-15-20(24(3)4)22-18-12-10-9-11-17(18)19/h9-12,15H,5-8,13-14,16H2,1-4H3,(H,22,23,26). The van der Waals surface area contributed by atoms with E-state index >= 15 is 0 Å². The topological polar surface area (TPSA) is 48.5 Å². The number of fused-ring (bicyclic) bond motifs is 1. The molecule has 0 saturated carbocycles. The van der Waals surface area contributed by atoms with Crippen LogP contribution in [0.3, 0.4) is 0 Å². The van der Waals surface area contributed by atoms with Crippen LogP contribution in [0.15, 0.2) is 30.3 Å². The highest BCUT2D eigenvalue weighted by Crippen LogP contribution is 2.26. The zero-order valence-electron chi connectivity index (χ0n) is 16.6. The van der Waals surface area contributed by atoms with E-state index < -0.39 is 0 Å². The molecule has 26 heavy (non-hydrogen) atoms. The van der Waals surface area contributed by atoms with Crippen LogP contribution >= 0.6 is 0 Å². The van der Waals surface area contributed by atoms with Crippen molar-refractivity contribution in [2.45, 2.75) is 39.5 Å². The maximum Gasteiger partial charge on any atom is 0.238 e. The maximum atomic E-state index is 12.7. The van der Waals surface area contributed by atoms with Gasteiger partial charge in [0, 0.05) is 25.5 Å². The quantitative estimate of drug-likeness (QED) is 0.695. The van der Waals surface area contributed by atoms with Crippen molar-refractivity contribution in [3.8, 4) is 0 Å². The fraction of sp³-hybridized carbons (Fsp3) is 0.524. The fourth-order valence-corrected chi connectivity index (χ4v) is 2.92. The van der Waals surface area contributed by atoms with Crippen LogP contribution in [0.1, 0.15) is 39.5 Å². The SMILES string of the molecule is CCCCN(CCCC)CC(=O)Nc1cc(N(C)C)nc2ccccc12. The van der Waals surface area contributed by atoms with Gasteiger partial charge in [-0.3, -0.25) is 9.69 Å². The molecule has 1 aromatic carbocycles. The fourth-order valence-electron chi connectivity index (χ4n) is 2.92. The van der Waals surface area contributed by atoms with Gasteiger partial charge in [-0.1, -0.05) is 44.9 Å². The van der Waals surface area contributed by atoms with Gasteiger partial charge in [-0.2, -0.15) is 0 Å². The Morgan fingerprint density at radius 3 is 2.35 bits per heavy atom. The van der Waals surface area contributed by atoms with Crippen LogP contribution in [-0.2, 0) is 4.79 Å². The number of nitrogens with zero attached hydrogens (tertiary/aromatic N) is 3. The molecule has 0 bridgehead atoms. The van der Waals surface area contributed by atoms with Gasteiger partial charge in [0.05, 0.1) is 17.7 Å². The molecule has 0 fully saturated rings. The summed E-state index contributed by atoms with van der Waals surface area (Å²) in [6.45, 7) is 6.76. The molecule has 1 amide bonds. The van der Waals surface area contributed by atoms with Crippen molar-refractivity contribution in [1.82, 2.24) is 9.88 Å². The molecule has 2 rings (SSSR count).